The number of rotatable bonds is 8. The molecule has 2 nitrogen and oxygen atoms in total. The Labute approximate surface area is 103 Å². The first-order valence-corrected chi connectivity index (χ1v) is 7.17. The minimum atomic E-state index is 0.813. The highest BCUT2D eigenvalue weighted by atomic mass is 32.2. The maximum Gasteiger partial charge on any atom is 0.119 e. The van der Waals surface area contributed by atoms with Gasteiger partial charge in [-0.3, -0.25) is 0 Å². The van der Waals surface area contributed by atoms with Crippen molar-refractivity contribution in [2.45, 2.75) is 19.9 Å². The van der Waals surface area contributed by atoms with Crippen LogP contribution in [0, 0.1) is 0 Å². The van der Waals surface area contributed by atoms with Crippen LogP contribution in [0.5, 0.6) is 5.75 Å². The monoisotopic (exact) mass is 239 g/mol. The average molecular weight is 239 g/mol. The Morgan fingerprint density at radius 1 is 1.25 bits per heavy atom. The molecule has 0 aliphatic rings. The van der Waals surface area contributed by atoms with Crippen LogP contribution in [-0.4, -0.2) is 25.2 Å². The van der Waals surface area contributed by atoms with Gasteiger partial charge in [-0.25, -0.2) is 0 Å². The van der Waals surface area contributed by atoms with Gasteiger partial charge in [0, 0.05) is 6.54 Å². The third-order valence-corrected chi connectivity index (χ3v) is 2.96. The van der Waals surface area contributed by atoms with Crippen molar-refractivity contribution in [1.82, 2.24) is 5.32 Å². The number of hydrogen-bond acceptors (Lipinski definition) is 3. The normalized spacial score (nSPS) is 10.4. The van der Waals surface area contributed by atoms with Gasteiger partial charge in [0.2, 0.25) is 0 Å². The van der Waals surface area contributed by atoms with Gasteiger partial charge in [0.15, 0.2) is 0 Å². The first-order chi connectivity index (χ1) is 7.86. The molecule has 16 heavy (non-hydrogen) atoms. The van der Waals surface area contributed by atoms with Crippen LogP contribution in [0.1, 0.15) is 18.9 Å². The molecule has 0 amide bonds. The number of benzene rings is 1. The minimum absolute atomic E-state index is 0.813. The lowest BCUT2D eigenvalue weighted by Crippen LogP contribution is -2.11. The van der Waals surface area contributed by atoms with Crippen molar-refractivity contribution >= 4 is 11.8 Å². The second-order valence-electron chi connectivity index (χ2n) is 3.62. The van der Waals surface area contributed by atoms with E-state index in [-0.39, 0.29) is 0 Å². The molecule has 0 saturated carbocycles. The molecule has 0 atom stereocenters. The summed E-state index contributed by atoms with van der Waals surface area (Å²) in [5.74, 6) is 2.14. The summed E-state index contributed by atoms with van der Waals surface area (Å²) in [6.45, 7) is 4.87. The van der Waals surface area contributed by atoms with Crippen molar-refractivity contribution < 1.29 is 4.74 Å². The molecule has 0 fully saturated rings. The SMILES string of the molecule is CCNCc1ccc(OCCCSC)cc1. The molecule has 1 aromatic carbocycles. The second kappa shape index (κ2) is 8.48. The van der Waals surface area contributed by atoms with Gasteiger partial charge < -0.3 is 10.1 Å². The van der Waals surface area contributed by atoms with Crippen LogP contribution in [0.3, 0.4) is 0 Å². The van der Waals surface area contributed by atoms with E-state index in [0.717, 1.165) is 31.9 Å². The predicted molar refractivity (Wildman–Crippen MR) is 72.3 cm³/mol. The molecule has 1 aromatic rings. The van der Waals surface area contributed by atoms with Crippen molar-refractivity contribution in [3.8, 4) is 5.75 Å². The summed E-state index contributed by atoms with van der Waals surface area (Å²) in [5, 5.41) is 3.30. The zero-order valence-corrected chi connectivity index (χ0v) is 11.0. The van der Waals surface area contributed by atoms with Crippen LogP contribution in [-0.2, 0) is 6.54 Å². The highest BCUT2D eigenvalue weighted by Crippen LogP contribution is 2.12. The minimum Gasteiger partial charge on any atom is -0.494 e. The quantitative estimate of drug-likeness (QED) is 0.705. The number of ether oxygens (including phenoxy) is 1. The molecule has 0 unspecified atom stereocenters. The summed E-state index contributed by atoms with van der Waals surface area (Å²) in [6.07, 6.45) is 3.23. The molecule has 90 valence electrons. The molecule has 3 heteroatoms. The van der Waals surface area contributed by atoms with E-state index in [0.29, 0.717) is 0 Å². The molecule has 0 bridgehead atoms. The Hall–Kier alpha value is -0.670. The molecular weight excluding hydrogens is 218 g/mol. The first-order valence-electron chi connectivity index (χ1n) is 5.78. The highest BCUT2D eigenvalue weighted by Gasteiger charge is 1.95. The van der Waals surface area contributed by atoms with Gasteiger partial charge >= 0.3 is 0 Å². The number of thioether (sulfide) groups is 1. The second-order valence-corrected chi connectivity index (χ2v) is 4.60. The van der Waals surface area contributed by atoms with E-state index >= 15 is 0 Å². The third kappa shape index (κ3) is 5.42. The van der Waals surface area contributed by atoms with Gasteiger partial charge in [0.05, 0.1) is 6.61 Å². The van der Waals surface area contributed by atoms with E-state index in [1.165, 1.54) is 11.3 Å². The molecule has 0 aliphatic heterocycles. The predicted octanol–water partition coefficient (Wildman–Crippen LogP) is 2.93. The molecule has 0 spiro atoms. The lowest BCUT2D eigenvalue weighted by Gasteiger charge is -2.07. The van der Waals surface area contributed by atoms with Crippen molar-refractivity contribution in [3.05, 3.63) is 29.8 Å². The van der Waals surface area contributed by atoms with Gasteiger partial charge in [-0.2, -0.15) is 11.8 Å². The van der Waals surface area contributed by atoms with Crippen molar-refractivity contribution in [2.75, 3.05) is 25.2 Å². The number of nitrogens with one attached hydrogen (secondary N) is 1. The van der Waals surface area contributed by atoms with E-state index < -0.39 is 0 Å². The zero-order valence-electron chi connectivity index (χ0n) is 10.2. The molecule has 1 rings (SSSR count). The van der Waals surface area contributed by atoms with Crippen LogP contribution in [0.25, 0.3) is 0 Å². The Kier molecular flexibility index (Phi) is 7.10. The Morgan fingerprint density at radius 3 is 2.62 bits per heavy atom. The van der Waals surface area contributed by atoms with Gasteiger partial charge in [0.25, 0.3) is 0 Å². The van der Waals surface area contributed by atoms with Crippen LogP contribution in [0.4, 0.5) is 0 Å². The fraction of sp³-hybridized carbons (Fsp3) is 0.538. The fourth-order valence-electron chi connectivity index (χ4n) is 1.37. The summed E-state index contributed by atoms with van der Waals surface area (Å²) in [5.41, 5.74) is 1.30. The van der Waals surface area contributed by atoms with Gasteiger partial charge in [-0.15, -0.1) is 0 Å². The van der Waals surface area contributed by atoms with Crippen molar-refractivity contribution in [1.29, 1.82) is 0 Å². The Balaban J connectivity index is 2.27. The summed E-state index contributed by atoms with van der Waals surface area (Å²) in [6, 6.07) is 8.33. The molecule has 0 radical (unpaired) electrons. The summed E-state index contributed by atoms with van der Waals surface area (Å²) in [4.78, 5) is 0. The Bertz CT molecular complexity index is 274. The van der Waals surface area contributed by atoms with Gasteiger partial charge in [-0.1, -0.05) is 19.1 Å². The van der Waals surface area contributed by atoms with E-state index in [1.54, 1.807) is 0 Å². The van der Waals surface area contributed by atoms with Crippen LogP contribution < -0.4 is 10.1 Å². The van der Waals surface area contributed by atoms with Crippen LogP contribution >= 0.6 is 11.8 Å². The highest BCUT2D eigenvalue weighted by molar-refractivity contribution is 7.98. The third-order valence-electron chi connectivity index (χ3n) is 2.26. The molecule has 1 N–H and O–H groups in total. The smallest absolute Gasteiger partial charge is 0.119 e. The maximum atomic E-state index is 5.63. The topological polar surface area (TPSA) is 21.3 Å². The molecule has 0 aliphatic carbocycles. The summed E-state index contributed by atoms with van der Waals surface area (Å²) in [7, 11) is 0. The molecule has 0 heterocycles. The summed E-state index contributed by atoms with van der Waals surface area (Å²) >= 11 is 1.86. The van der Waals surface area contributed by atoms with Gasteiger partial charge in [0.1, 0.15) is 5.75 Å². The van der Waals surface area contributed by atoms with E-state index in [1.807, 2.05) is 23.9 Å². The lowest BCUT2D eigenvalue weighted by molar-refractivity contribution is 0.318. The Morgan fingerprint density at radius 2 is 2.00 bits per heavy atom. The standard InChI is InChI=1S/C13H21NOS/c1-3-14-11-12-5-7-13(8-6-12)15-9-4-10-16-2/h5-8,14H,3-4,9-11H2,1-2H3. The van der Waals surface area contributed by atoms with E-state index in [2.05, 4.69) is 30.6 Å². The first kappa shape index (κ1) is 13.4. The van der Waals surface area contributed by atoms with E-state index in [9.17, 15) is 0 Å². The fourth-order valence-corrected chi connectivity index (χ4v) is 1.77. The molecular formula is C13H21NOS. The van der Waals surface area contributed by atoms with Crippen LogP contribution in [0.2, 0.25) is 0 Å². The van der Waals surface area contributed by atoms with Crippen LogP contribution in [0.15, 0.2) is 24.3 Å². The van der Waals surface area contributed by atoms with Gasteiger partial charge in [-0.05, 0) is 42.7 Å². The molecule has 0 saturated heterocycles. The summed E-state index contributed by atoms with van der Waals surface area (Å²) < 4.78 is 5.63. The van der Waals surface area contributed by atoms with Crippen molar-refractivity contribution in [3.63, 3.8) is 0 Å². The molecule has 0 aromatic heterocycles. The van der Waals surface area contributed by atoms with E-state index in [4.69, 9.17) is 4.74 Å². The maximum absolute atomic E-state index is 5.63. The average Bonchev–Trinajstić information content (AvgIpc) is 2.33. The van der Waals surface area contributed by atoms with Crippen molar-refractivity contribution in [2.24, 2.45) is 0 Å². The lowest BCUT2D eigenvalue weighted by atomic mass is 10.2. The number of hydrogen-bond donors (Lipinski definition) is 1. The zero-order chi connectivity index (χ0) is 11.6. The largest absolute Gasteiger partial charge is 0.494 e.